The molecule has 0 fully saturated rings. The first kappa shape index (κ1) is 15.3. The van der Waals surface area contributed by atoms with Crippen LogP contribution in [-0.4, -0.2) is 18.1 Å². The number of anilines is 2. The Morgan fingerprint density at radius 3 is 2.57 bits per heavy atom. The molecule has 0 saturated heterocycles. The quantitative estimate of drug-likeness (QED) is 0.832. The smallest absolute Gasteiger partial charge is 0.126 e. The molecule has 112 valence electrons. The van der Waals surface area contributed by atoms with Gasteiger partial charge in [0, 0.05) is 31.5 Å². The van der Waals surface area contributed by atoms with Gasteiger partial charge in [0.2, 0.25) is 0 Å². The van der Waals surface area contributed by atoms with Gasteiger partial charge in [-0.05, 0) is 55.3 Å². The van der Waals surface area contributed by atoms with E-state index >= 15 is 0 Å². The van der Waals surface area contributed by atoms with Gasteiger partial charge in [0.05, 0.1) is 0 Å². The third-order valence-corrected chi connectivity index (χ3v) is 3.33. The number of halogens is 1. The van der Waals surface area contributed by atoms with Gasteiger partial charge in [-0.2, -0.15) is 0 Å². The summed E-state index contributed by atoms with van der Waals surface area (Å²) in [7, 11) is 0. The first-order chi connectivity index (χ1) is 10.2. The van der Waals surface area contributed by atoms with Crippen LogP contribution in [0, 0.1) is 5.82 Å². The number of nitrogens with zero attached hydrogens (tertiary/aromatic N) is 2. The van der Waals surface area contributed by atoms with Crippen molar-refractivity contribution in [3.63, 3.8) is 0 Å². The summed E-state index contributed by atoms with van der Waals surface area (Å²) in [6.45, 7) is 6.80. The molecule has 0 radical (unpaired) electrons. The molecule has 3 nitrogen and oxygen atoms in total. The van der Waals surface area contributed by atoms with Crippen LogP contribution in [0.1, 0.15) is 25.8 Å². The third-order valence-electron chi connectivity index (χ3n) is 3.33. The Kier molecular flexibility index (Phi) is 5.55. The molecular formula is C17H22FN3. The maximum absolute atomic E-state index is 13.0. The van der Waals surface area contributed by atoms with Crippen molar-refractivity contribution in [1.29, 1.82) is 0 Å². The molecule has 0 saturated carbocycles. The van der Waals surface area contributed by atoms with Crippen molar-refractivity contribution in [2.24, 2.45) is 0 Å². The minimum Gasteiger partial charge on any atom is -0.370 e. The Bertz CT molecular complexity index is 554. The van der Waals surface area contributed by atoms with Gasteiger partial charge < -0.3 is 10.2 Å². The Morgan fingerprint density at radius 1 is 1.14 bits per heavy atom. The summed E-state index contributed by atoms with van der Waals surface area (Å²) < 4.78 is 13.0. The van der Waals surface area contributed by atoms with Crippen LogP contribution < -0.4 is 10.2 Å². The summed E-state index contributed by atoms with van der Waals surface area (Å²) in [5, 5.41) is 3.29. The minimum atomic E-state index is -0.204. The fraction of sp³-hybridized carbons (Fsp3) is 0.353. The number of hydrogen-bond donors (Lipinski definition) is 1. The molecule has 21 heavy (non-hydrogen) atoms. The Balaban J connectivity index is 2.09. The van der Waals surface area contributed by atoms with E-state index in [4.69, 9.17) is 0 Å². The van der Waals surface area contributed by atoms with Gasteiger partial charge in [-0.15, -0.1) is 0 Å². The minimum absolute atomic E-state index is 0.204. The predicted octanol–water partition coefficient (Wildman–Crippen LogP) is 4.07. The van der Waals surface area contributed by atoms with E-state index in [1.165, 1.54) is 17.7 Å². The van der Waals surface area contributed by atoms with Gasteiger partial charge in [0.1, 0.15) is 11.6 Å². The first-order valence-corrected chi connectivity index (χ1v) is 7.42. The Labute approximate surface area is 125 Å². The molecule has 0 unspecified atom stereocenters. The van der Waals surface area contributed by atoms with Crippen LogP contribution in [0.3, 0.4) is 0 Å². The van der Waals surface area contributed by atoms with Gasteiger partial charge in [-0.3, -0.25) is 0 Å². The molecule has 0 atom stereocenters. The van der Waals surface area contributed by atoms with Crippen LogP contribution in [0.15, 0.2) is 42.6 Å². The van der Waals surface area contributed by atoms with Crippen molar-refractivity contribution < 1.29 is 4.39 Å². The molecule has 0 aliphatic carbocycles. The average molecular weight is 287 g/mol. The standard InChI is InChI=1S/C17H22FN3/c1-3-10-19-17-12-14(9-11-20-17)13-21(4-2)16-7-5-15(18)6-8-16/h5-9,11-12H,3-4,10,13H2,1-2H3,(H,19,20). The lowest BCUT2D eigenvalue weighted by atomic mass is 10.2. The predicted molar refractivity (Wildman–Crippen MR) is 86.1 cm³/mol. The van der Waals surface area contributed by atoms with Crippen LogP contribution in [0.5, 0.6) is 0 Å². The second-order valence-corrected chi connectivity index (χ2v) is 4.97. The van der Waals surface area contributed by atoms with Crippen LogP contribution in [0.4, 0.5) is 15.9 Å². The summed E-state index contributed by atoms with van der Waals surface area (Å²) in [5.74, 6) is 0.703. The molecule has 1 heterocycles. The number of rotatable bonds is 7. The number of nitrogens with one attached hydrogen (secondary N) is 1. The zero-order valence-electron chi connectivity index (χ0n) is 12.6. The highest BCUT2D eigenvalue weighted by molar-refractivity contribution is 5.47. The van der Waals surface area contributed by atoms with Crippen LogP contribution in [0.2, 0.25) is 0 Å². The fourth-order valence-electron chi connectivity index (χ4n) is 2.18. The molecule has 2 aromatic rings. The molecule has 4 heteroatoms. The van der Waals surface area contributed by atoms with E-state index in [2.05, 4.69) is 35.1 Å². The van der Waals surface area contributed by atoms with E-state index in [0.717, 1.165) is 37.6 Å². The lowest BCUT2D eigenvalue weighted by Gasteiger charge is -2.23. The summed E-state index contributed by atoms with van der Waals surface area (Å²) in [5.41, 5.74) is 2.22. The normalized spacial score (nSPS) is 10.4. The van der Waals surface area contributed by atoms with Gasteiger partial charge in [-0.25, -0.2) is 9.37 Å². The highest BCUT2D eigenvalue weighted by Gasteiger charge is 2.06. The second kappa shape index (κ2) is 7.62. The monoisotopic (exact) mass is 287 g/mol. The topological polar surface area (TPSA) is 28.2 Å². The Morgan fingerprint density at radius 2 is 1.90 bits per heavy atom. The SMILES string of the molecule is CCCNc1cc(CN(CC)c2ccc(F)cc2)ccn1. The highest BCUT2D eigenvalue weighted by Crippen LogP contribution is 2.18. The molecule has 0 spiro atoms. The molecule has 0 bridgehead atoms. The molecule has 0 amide bonds. The van der Waals surface area contributed by atoms with E-state index in [9.17, 15) is 4.39 Å². The lowest BCUT2D eigenvalue weighted by molar-refractivity contribution is 0.627. The number of benzene rings is 1. The first-order valence-electron chi connectivity index (χ1n) is 7.42. The summed E-state index contributed by atoms with van der Waals surface area (Å²) in [6.07, 6.45) is 2.90. The van der Waals surface area contributed by atoms with Crippen molar-refractivity contribution in [3.05, 3.63) is 54.0 Å². The number of pyridine rings is 1. The van der Waals surface area contributed by atoms with Crippen LogP contribution >= 0.6 is 0 Å². The molecule has 1 aromatic heterocycles. The number of hydrogen-bond acceptors (Lipinski definition) is 3. The largest absolute Gasteiger partial charge is 0.370 e. The van der Waals surface area contributed by atoms with E-state index in [0.29, 0.717) is 0 Å². The lowest BCUT2D eigenvalue weighted by Crippen LogP contribution is -2.22. The van der Waals surface area contributed by atoms with Crippen molar-refractivity contribution in [3.8, 4) is 0 Å². The number of aromatic nitrogens is 1. The van der Waals surface area contributed by atoms with Gasteiger partial charge in [-0.1, -0.05) is 6.92 Å². The summed E-state index contributed by atoms with van der Waals surface area (Å²) >= 11 is 0. The van der Waals surface area contributed by atoms with Crippen molar-refractivity contribution >= 4 is 11.5 Å². The van der Waals surface area contributed by atoms with Crippen LogP contribution in [0.25, 0.3) is 0 Å². The summed E-state index contributed by atoms with van der Waals surface area (Å²) in [4.78, 5) is 6.52. The molecule has 0 aliphatic rings. The maximum atomic E-state index is 13.0. The van der Waals surface area contributed by atoms with Gasteiger partial charge in [0.15, 0.2) is 0 Å². The fourth-order valence-corrected chi connectivity index (χ4v) is 2.18. The molecule has 1 aromatic carbocycles. The Hall–Kier alpha value is -2.10. The van der Waals surface area contributed by atoms with E-state index in [-0.39, 0.29) is 5.82 Å². The van der Waals surface area contributed by atoms with E-state index < -0.39 is 0 Å². The summed E-state index contributed by atoms with van der Waals surface area (Å²) in [6, 6.07) is 10.7. The zero-order chi connectivity index (χ0) is 15.1. The molecule has 0 aliphatic heterocycles. The molecule has 1 N–H and O–H groups in total. The second-order valence-electron chi connectivity index (χ2n) is 4.97. The van der Waals surface area contributed by atoms with Crippen LogP contribution in [-0.2, 0) is 6.54 Å². The molecule has 2 rings (SSSR count). The third kappa shape index (κ3) is 4.45. The van der Waals surface area contributed by atoms with Crippen molar-refractivity contribution in [2.45, 2.75) is 26.8 Å². The van der Waals surface area contributed by atoms with Gasteiger partial charge in [0.25, 0.3) is 0 Å². The van der Waals surface area contributed by atoms with Crippen molar-refractivity contribution in [1.82, 2.24) is 4.98 Å². The van der Waals surface area contributed by atoms with Crippen molar-refractivity contribution in [2.75, 3.05) is 23.3 Å². The maximum Gasteiger partial charge on any atom is 0.126 e. The average Bonchev–Trinajstić information content (AvgIpc) is 2.52. The zero-order valence-corrected chi connectivity index (χ0v) is 12.6. The van der Waals surface area contributed by atoms with Gasteiger partial charge >= 0.3 is 0 Å². The van der Waals surface area contributed by atoms with E-state index in [1.54, 1.807) is 0 Å². The van der Waals surface area contributed by atoms with E-state index in [1.807, 2.05) is 24.4 Å². The highest BCUT2D eigenvalue weighted by atomic mass is 19.1. The molecular weight excluding hydrogens is 265 g/mol.